The summed E-state index contributed by atoms with van der Waals surface area (Å²) in [6.07, 6.45) is -3.96. The first-order valence-corrected chi connectivity index (χ1v) is 8.25. The quantitative estimate of drug-likeness (QED) is 0.379. The number of halogens is 9. The summed E-state index contributed by atoms with van der Waals surface area (Å²) in [5.41, 5.74) is -2.51. The molecule has 2 aromatic rings. The first-order valence-electron chi connectivity index (χ1n) is 5.91. The molecule has 0 radical (unpaired) electrons. The summed E-state index contributed by atoms with van der Waals surface area (Å²) in [6.45, 7) is 0. The van der Waals surface area contributed by atoms with Gasteiger partial charge < -0.3 is 4.74 Å². The van der Waals surface area contributed by atoms with E-state index in [1.165, 1.54) is 0 Å². The Bertz CT molecular complexity index is 860. The van der Waals surface area contributed by atoms with E-state index in [1.54, 1.807) is 0 Å². The molecule has 1 aromatic carbocycles. The number of hydrogen-bond acceptors (Lipinski definition) is 3. The smallest absolute Gasteiger partial charge is 0.421 e. The molecule has 0 N–H and O–H groups in total. The number of ether oxygens (including phenoxy) is 1. The minimum atomic E-state index is -4.70. The molecule has 0 amide bonds. The van der Waals surface area contributed by atoms with Crippen molar-refractivity contribution in [3.8, 4) is 11.4 Å². The lowest BCUT2D eigenvalue weighted by molar-refractivity contribution is -0.137. The normalized spacial score (nSPS) is 12.4. The Morgan fingerprint density at radius 1 is 1.12 bits per heavy atom. The zero-order valence-corrected chi connectivity index (χ0v) is 16.0. The molecule has 0 spiro atoms. The van der Waals surface area contributed by atoms with E-state index >= 15 is 0 Å². The van der Waals surface area contributed by atoms with Crippen LogP contribution in [0.4, 0.5) is 22.0 Å². The Morgan fingerprint density at radius 2 is 1.64 bits per heavy atom. The number of hydrogen-bond donors (Lipinski definition) is 0. The summed E-state index contributed by atoms with van der Waals surface area (Å²) in [4.78, 5) is 12.2. The Morgan fingerprint density at radius 3 is 2.08 bits per heavy atom. The maximum Gasteiger partial charge on any atom is 0.459 e. The largest absolute Gasteiger partial charge is 0.459 e. The molecule has 1 aromatic heterocycles. The maximum atomic E-state index is 12.8. The molecule has 0 saturated carbocycles. The SMILES string of the molecule is O=c1c(Br)c(OC(F)(F)Br)cnn1-c1c(Cl)cc(C(F)(F)F)cc1Cl. The van der Waals surface area contributed by atoms with Crippen LogP contribution in [-0.2, 0) is 6.18 Å². The summed E-state index contributed by atoms with van der Waals surface area (Å²) >= 11 is 16.3. The highest BCUT2D eigenvalue weighted by atomic mass is 79.9. The molecule has 4 nitrogen and oxygen atoms in total. The lowest BCUT2D eigenvalue weighted by atomic mass is 10.2. The Balaban J connectivity index is 2.61. The van der Waals surface area contributed by atoms with Gasteiger partial charge >= 0.3 is 11.2 Å². The van der Waals surface area contributed by atoms with Crippen LogP contribution < -0.4 is 10.3 Å². The molecule has 13 heteroatoms. The molecule has 0 atom stereocenters. The van der Waals surface area contributed by atoms with Gasteiger partial charge in [-0.15, -0.1) is 0 Å². The van der Waals surface area contributed by atoms with E-state index in [0.717, 1.165) is 6.20 Å². The monoisotopic (exact) mass is 530 g/mol. The third kappa shape index (κ3) is 4.63. The molecule has 0 aliphatic rings. The predicted octanol–water partition coefficient (Wildman–Crippen LogP) is 5.64. The van der Waals surface area contributed by atoms with Crippen LogP contribution in [0.25, 0.3) is 5.69 Å². The van der Waals surface area contributed by atoms with Gasteiger partial charge in [-0.1, -0.05) is 23.2 Å². The molecular formula is C12H3Br2Cl2F5N2O2. The maximum absolute atomic E-state index is 12.8. The van der Waals surface area contributed by atoms with Crippen molar-refractivity contribution in [1.29, 1.82) is 0 Å². The first kappa shape index (κ1) is 20.4. The second-order valence-corrected chi connectivity index (χ2v) is 6.90. The van der Waals surface area contributed by atoms with Gasteiger partial charge in [0.25, 0.3) is 5.56 Å². The lowest BCUT2D eigenvalue weighted by Gasteiger charge is -2.15. The van der Waals surface area contributed by atoms with Crippen molar-refractivity contribution < 1.29 is 26.7 Å². The third-order valence-corrected chi connectivity index (χ3v) is 4.14. The van der Waals surface area contributed by atoms with E-state index in [2.05, 4.69) is 25.8 Å². The van der Waals surface area contributed by atoms with Crippen LogP contribution in [0.5, 0.6) is 5.75 Å². The molecule has 0 fully saturated rings. The molecule has 1 heterocycles. The van der Waals surface area contributed by atoms with Gasteiger partial charge in [0.1, 0.15) is 10.2 Å². The number of aromatic nitrogens is 2. The minimum absolute atomic E-state index is 0.348. The number of alkyl halides is 6. The molecule has 25 heavy (non-hydrogen) atoms. The molecule has 0 saturated heterocycles. The zero-order chi connectivity index (χ0) is 19.2. The second-order valence-electron chi connectivity index (χ2n) is 4.37. The Labute approximate surface area is 162 Å². The van der Waals surface area contributed by atoms with Crippen molar-refractivity contribution >= 4 is 55.1 Å². The van der Waals surface area contributed by atoms with Crippen molar-refractivity contribution in [2.45, 2.75) is 11.2 Å². The van der Waals surface area contributed by atoms with E-state index in [1.807, 2.05) is 15.9 Å². The number of benzene rings is 1. The highest BCUT2D eigenvalue weighted by Crippen LogP contribution is 2.37. The van der Waals surface area contributed by atoms with Crippen LogP contribution in [0, 0.1) is 0 Å². The summed E-state index contributed by atoms with van der Waals surface area (Å²) < 4.78 is 68.1. The van der Waals surface area contributed by atoms with Gasteiger partial charge in [0, 0.05) is 15.9 Å². The second kappa shape index (κ2) is 7.01. The number of nitrogens with zero attached hydrogens (tertiary/aromatic N) is 2. The van der Waals surface area contributed by atoms with Gasteiger partial charge in [-0.2, -0.15) is 31.7 Å². The van der Waals surface area contributed by atoms with E-state index in [4.69, 9.17) is 23.2 Å². The van der Waals surface area contributed by atoms with Gasteiger partial charge in [-0.3, -0.25) is 4.79 Å². The first-order chi connectivity index (χ1) is 11.3. The average molecular weight is 533 g/mol. The average Bonchev–Trinajstić information content (AvgIpc) is 2.43. The van der Waals surface area contributed by atoms with E-state index in [9.17, 15) is 26.7 Å². The van der Waals surface area contributed by atoms with Gasteiger partial charge in [-0.05, 0) is 28.1 Å². The highest BCUT2D eigenvalue weighted by molar-refractivity contribution is 9.10. The molecule has 0 unspecified atom stereocenters. The Hall–Kier alpha value is -0.910. The predicted molar refractivity (Wildman–Crippen MR) is 87.1 cm³/mol. The number of rotatable bonds is 3. The highest BCUT2D eigenvalue weighted by Gasteiger charge is 2.33. The molecule has 0 bridgehead atoms. The molecule has 0 aliphatic heterocycles. The topological polar surface area (TPSA) is 44.1 Å². The van der Waals surface area contributed by atoms with E-state index in [-0.39, 0.29) is 5.69 Å². The fourth-order valence-corrected chi connectivity index (χ4v) is 2.88. The third-order valence-electron chi connectivity index (χ3n) is 2.67. The van der Waals surface area contributed by atoms with Crippen molar-refractivity contribution in [2.24, 2.45) is 0 Å². The minimum Gasteiger partial charge on any atom is -0.421 e. The van der Waals surface area contributed by atoms with Crippen molar-refractivity contribution in [3.05, 3.63) is 48.8 Å². The van der Waals surface area contributed by atoms with Crippen LogP contribution in [0.1, 0.15) is 5.56 Å². The molecular weight excluding hydrogens is 530 g/mol. The molecule has 0 aliphatic carbocycles. The fraction of sp³-hybridized carbons (Fsp3) is 0.167. The van der Waals surface area contributed by atoms with Crippen LogP contribution >= 0.6 is 55.1 Å². The van der Waals surface area contributed by atoms with Crippen LogP contribution in [0.3, 0.4) is 0 Å². The van der Waals surface area contributed by atoms with E-state index < -0.39 is 42.6 Å². The summed E-state index contributed by atoms with van der Waals surface area (Å²) in [6, 6.07) is 1.11. The van der Waals surface area contributed by atoms with E-state index in [0.29, 0.717) is 16.8 Å². The van der Waals surface area contributed by atoms with Gasteiger partial charge in [-0.25, -0.2) is 0 Å². The van der Waals surface area contributed by atoms with Gasteiger partial charge in [0.05, 0.1) is 21.8 Å². The van der Waals surface area contributed by atoms with Crippen molar-refractivity contribution in [2.75, 3.05) is 0 Å². The standard InChI is InChI=1S/C12H3Br2Cl2F5N2O2/c13-8-7(25-12(14,20)21)3-22-23(10(8)24)9-5(15)1-4(2-6(9)16)11(17,18)19/h1-3H. The van der Waals surface area contributed by atoms with Crippen molar-refractivity contribution in [3.63, 3.8) is 0 Å². The van der Waals surface area contributed by atoms with Crippen molar-refractivity contribution in [1.82, 2.24) is 9.78 Å². The van der Waals surface area contributed by atoms with Gasteiger partial charge in [0.15, 0.2) is 5.75 Å². The Kier molecular flexibility index (Phi) is 5.72. The summed E-state index contributed by atoms with van der Waals surface area (Å²) in [5.74, 6) is -0.609. The zero-order valence-electron chi connectivity index (χ0n) is 11.3. The summed E-state index contributed by atoms with van der Waals surface area (Å²) in [5, 5.41) is -1.24. The van der Waals surface area contributed by atoms with Crippen LogP contribution in [0.2, 0.25) is 10.0 Å². The fourth-order valence-electron chi connectivity index (χ4n) is 1.70. The molecule has 136 valence electrons. The summed E-state index contributed by atoms with van der Waals surface area (Å²) in [7, 11) is 0. The van der Waals surface area contributed by atoms with Crippen LogP contribution in [-0.4, -0.2) is 14.8 Å². The van der Waals surface area contributed by atoms with Crippen LogP contribution in [0.15, 0.2) is 27.6 Å². The molecule has 2 rings (SSSR count). The van der Waals surface area contributed by atoms with Gasteiger partial charge in [0.2, 0.25) is 0 Å². The lowest BCUT2D eigenvalue weighted by Crippen LogP contribution is -2.25.